The molecule has 0 aliphatic heterocycles. The number of rotatable bonds is 4. The van der Waals surface area contributed by atoms with E-state index in [1.807, 2.05) is 24.3 Å². The number of thiocarbonyl (C=S) groups is 2. The minimum Gasteiger partial charge on any atom is -0.487 e. The Morgan fingerprint density at radius 3 is 2.32 bits per heavy atom. The van der Waals surface area contributed by atoms with Gasteiger partial charge in [-0.15, -0.1) is 11.7 Å². The van der Waals surface area contributed by atoms with Crippen molar-refractivity contribution in [2.24, 2.45) is 5.73 Å². The Morgan fingerprint density at radius 1 is 1.32 bits per heavy atom. The third kappa shape index (κ3) is 5.81. The molecule has 116 valence electrons. The number of tetrazole rings is 1. The first-order valence-electron chi connectivity index (χ1n) is 5.87. The number of hydrogen-bond acceptors (Lipinski definition) is 5. The minimum absolute atomic E-state index is 0.231. The van der Waals surface area contributed by atoms with Crippen molar-refractivity contribution in [3.05, 3.63) is 48.8 Å². The van der Waals surface area contributed by atoms with Gasteiger partial charge >= 0.3 is 0 Å². The number of aliphatic hydroxyl groups excluding tert-OH is 2. The molecule has 0 saturated heterocycles. The van der Waals surface area contributed by atoms with E-state index in [0.29, 0.717) is 0 Å². The minimum atomic E-state index is -0.500. The lowest BCUT2D eigenvalue weighted by Gasteiger charge is -2.14. The van der Waals surface area contributed by atoms with E-state index in [1.54, 1.807) is 10.8 Å². The fourth-order valence-corrected chi connectivity index (χ4v) is 1.65. The maximum absolute atomic E-state index is 9.06. The maximum atomic E-state index is 9.06. The van der Waals surface area contributed by atoms with E-state index in [0.717, 1.165) is 11.3 Å². The quantitative estimate of drug-likeness (QED) is 0.479. The average molecular weight is 338 g/mol. The van der Waals surface area contributed by atoms with Crippen LogP contribution in [-0.2, 0) is 0 Å². The largest absolute Gasteiger partial charge is 0.487 e. The van der Waals surface area contributed by atoms with E-state index in [1.165, 1.54) is 6.33 Å². The lowest BCUT2D eigenvalue weighted by atomic mass is 10.1. The number of nitrogens with zero attached hydrogens (tertiary/aromatic N) is 4. The molecule has 0 spiro atoms. The Bertz CT molecular complexity index is 626. The Hall–Kier alpha value is -2.59. The summed E-state index contributed by atoms with van der Waals surface area (Å²) < 4.78 is 1.55. The van der Waals surface area contributed by atoms with Gasteiger partial charge in [-0.05, 0) is 52.6 Å². The molecule has 1 unspecified atom stereocenters. The first-order valence-corrected chi connectivity index (χ1v) is 6.69. The van der Waals surface area contributed by atoms with Crippen LogP contribution in [0.3, 0.4) is 0 Å². The third-order valence-electron chi connectivity index (χ3n) is 2.38. The van der Waals surface area contributed by atoms with Gasteiger partial charge in [0, 0.05) is 0 Å². The highest BCUT2D eigenvalue weighted by atomic mass is 32.1. The van der Waals surface area contributed by atoms with Gasteiger partial charge in [0.15, 0.2) is 0 Å². The summed E-state index contributed by atoms with van der Waals surface area (Å²) in [4.78, 5) is 0. The van der Waals surface area contributed by atoms with E-state index in [4.69, 9.17) is 10.2 Å². The fourth-order valence-electron chi connectivity index (χ4n) is 1.53. The van der Waals surface area contributed by atoms with Crippen LogP contribution in [-0.4, -0.2) is 40.8 Å². The monoisotopic (exact) mass is 338 g/mol. The molecule has 0 aliphatic rings. The van der Waals surface area contributed by atoms with Gasteiger partial charge in [-0.1, -0.05) is 18.2 Å². The van der Waals surface area contributed by atoms with Crippen molar-refractivity contribution in [1.29, 1.82) is 0 Å². The summed E-state index contributed by atoms with van der Waals surface area (Å²) in [5, 5.41) is 29.5. The summed E-state index contributed by atoms with van der Waals surface area (Å²) in [7, 11) is 0. The second-order valence-corrected chi connectivity index (χ2v) is 4.65. The van der Waals surface area contributed by atoms with E-state index >= 15 is 0 Å². The van der Waals surface area contributed by atoms with E-state index < -0.39 is 5.17 Å². The molecule has 1 aromatic heterocycles. The molecule has 5 N–H and O–H groups in total. The van der Waals surface area contributed by atoms with Crippen molar-refractivity contribution in [1.82, 2.24) is 25.5 Å². The fraction of sp³-hybridized carbons (Fsp3) is 0.0833. The van der Waals surface area contributed by atoms with Gasteiger partial charge in [-0.25, -0.2) is 4.68 Å². The average Bonchev–Trinajstić information content (AvgIpc) is 2.98. The van der Waals surface area contributed by atoms with E-state index in [9.17, 15) is 0 Å². The van der Waals surface area contributed by atoms with Crippen LogP contribution < -0.4 is 11.1 Å². The van der Waals surface area contributed by atoms with Crippen molar-refractivity contribution >= 4 is 34.8 Å². The maximum Gasteiger partial charge on any atom is 0.254 e. The van der Waals surface area contributed by atoms with Gasteiger partial charge in [0.2, 0.25) is 0 Å². The van der Waals surface area contributed by atoms with Crippen molar-refractivity contribution in [2.45, 2.75) is 6.04 Å². The number of nitrogens with one attached hydrogen (secondary N) is 1. The summed E-state index contributed by atoms with van der Waals surface area (Å²) in [5.74, 6) is 0. The van der Waals surface area contributed by atoms with Gasteiger partial charge in [-0.2, -0.15) is 0 Å². The molecule has 0 aliphatic carbocycles. The molecular formula is C12H14N6O2S2. The second kappa shape index (κ2) is 8.64. The molecule has 10 heteroatoms. The number of benzene rings is 1. The molecule has 0 amide bonds. The smallest absolute Gasteiger partial charge is 0.254 e. The molecule has 1 atom stereocenters. The SMILES string of the molecule is C=CC(NC(O)=S)c1ccc(-n2cnnn2)cc1.NC(O)=S. The number of hydrogen-bond donors (Lipinski definition) is 4. The molecule has 2 rings (SSSR count). The van der Waals surface area contributed by atoms with Crippen LogP contribution in [0.15, 0.2) is 43.2 Å². The third-order valence-corrected chi connectivity index (χ3v) is 2.50. The molecule has 2 aromatic rings. The summed E-state index contributed by atoms with van der Waals surface area (Å²) in [6, 6.07) is 7.27. The van der Waals surface area contributed by atoms with Gasteiger partial charge in [-0.3, -0.25) is 0 Å². The Morgan fingerprint density at radius 2 is 1.91 bits per heavy atom. The summed E-state index contributed by atoms with van der Waals surface area (Å²) >= 11 is 8.47. The predicted molar refractivity (Wildman–Crippen MR) is 89.9 cm³/mol. The zero-order chi connectivity index (χ0) is 16.5. The molecule has 1 aromatic carbocycles. The molecule has 0 fully saturated rings. The highest BCUT2D eigenvalue weighted by Gasteiger charge is 2.08. The predicted octanol–water partition coefficient (Wildman–Crippen LogP) is 1.11. The summed E-state index contributed by atoms with van der Waals surface area (Å²) in [6.07, 6.45) is 3.18. The summed E-state index contributed by atoms with van der Waals surface area (Å²) in [6.45, 7) is 3.69. The van der Waals surface area contributed by atoms with Crippen LogP contribution in [0.1, 0.15) is 11.6 Å². The van der Waals surface area contributed by atoms with Crippen LogP contribution in [0.5, 0.6) is 0 Å². The van der Waals surface area contributed by atoms with Gasteiger partial charge < -0.3 is 21.3 Å². The van der Waals surface area contributed by atoms with Crippen molar-refractivity contribution in [2.75, 3.05) is 0 Å². The first-order chi connectivity index (χ1) is 10.4. The second-order valence-electron chi connectivity index (χ2n) is 3.85. The topological polar surface area (TPSA) is 122 Å². The van der Waals surface area contributed by atoms with Gasteiger partial charge in [0.25, 0.3) is 10.3 Å². The zero-order valence-electron chi connectivity index (χ0n) is 11.3. The van der Waals surface area contributed by atoms with Crippen molar-refractivity contribution in [3.8, 4) is 5.69 Å². The molecule has 0 saturated carbocycles. The highest BCUT2D eigenvalue weighted by molar-refractivity contribution is 7.80. The molecular weight excluding hydrogens is 324 g/mol. The van der Waals surface area contributed by atoms with Gasteiger partial charge in [0.05, 0.1) is 11.7 Å². The lowest BCUT2D eigenvalue weighted by Crippen LogP contribution is -2.24. The highest BCUT2D eigenvalue weighted by Crippen LogP contribution is 2.16. The number of aromatic nitrogens is 4. The van der Waals surface area contributed by atoms with E-state index in [-0.39, 0.29) is 11.2 Å². The summed E-state index contributed by atoms with van der Waals surface area (Å²) in [5.41, 5.74) is 6.17. The lowest BCUT2D eigenvalue weighted by molar-refractivity contribution is 0.520. The van der Waals surface area contributed by atoms with E-state index in [2.05, 4.69) is 57.6 Å². The Balaban J connectivity index is 0.000000541. The van der Waals surface area contributed by atoms with Crippen LogP contribution in [0.4, 0.5) is 0 Å². The van der Waals surface area contributed by atoms with Crippen LogP contribution in [0.25, 0.3) is 5.69 Å². The first kappa shape index (κ1) is 17.5. The standard InChI is InChI=1S/C11H11N5OS.CH3NOS/c1-2-10(13-11(17)18)8-3-5-9(6-4-8)16-7-12-14-15-16;2-1(3)4/h2-7,10H,1H2,(H2,13,17,18);(H3,2,3,4). The number of nitrogens with two attached hydrogens (primary N) is 1. The Labute approximate surface area is 137 Å². The number of aliphatic hydroxyl groups is 2. The molecule has 0 bridgehead atoms. The van der Waals surface area contributed by atoms with Crippen molar-refractivity contribution in [3.63, 3.8) is 0 Å². The molecule has 0 radical (unpaired) electrons. The van der Waals surface area contributed by atoms with Crippen molar-refractivity contribution < 1.29 is 10.2 Å². The zero-order valence-corrected chi connectivity index (χ0v) is 13.0. The molecule has 22 heavy (non-hydrogen) atoms. The molecule has 1 heterocycles. The van der Waals surface area contributed by atoms with Crippen LogP contribution in [0, 0.1) is 0 Å². The van der Waals surface area contributed by atoms with Crippen LogP contribution >= 0.6 is 24.4 Å². The normalized spacial score (nSPS) is 10.7. The molecule has 8 nitrogen and oxygen atoms in total. The van der Waals surface area contributed by atoms with Gasteiger partial charge in [0.1, 0.15) is 6.33 Å². The Kier molecular flexibility index (Phi) is 6.86. The van der Waals surface area contributed by atoms with Crippen LogP contribution in [0.2, 0.25) is 0 Å².